The Labute approximate surface area is 77.1 Å². The second kappa shape index (κ2) is 6.07. The van der Waals surface area contributed by atoms with Crippen LogP contribution in [0.5, 0.6) is 0 Å². The molecule has 0 unspecified atom stereocenters. The Hall–Kier alpha value is 0.943. The molecule has 8 heavy (non-hydrogen) atoms. The van der Waals surface area contributed by atoms with Crippen LogP contribution in [0.3, 0.4) is 0 Å². The van der Waals surface area contributed by atoms with Gasteiger partial charge in [-0.05, 0) is 0 Å². The van der Waals surface area contributed by atoms with E-state index in [2.05, 4.69) is 18.2 Å². The number of rotatable bonds is 0. The minimum atomic E-state index is 0. The van der Waals surface area contributed by atoms with Crippen LogP contribution in [0.1, 0.15) is 6.42 Å². The molecule has 0 heterocycles. The maximum atomic E-state index is 2.18. The quantitative estimate of drug-likeness (QED) is 0.597. The summed E-state index contributed by atoms with van der Waals surface area (Å²) in [5, 5.41) is 0. The van der Waals surface area contributed by atoms with Gasteiger partial charge >= 0.3 is 52.6 Å². The van der Waals surface area contributed by atoms with Crippen LogP contribution in [0.2, 0.25) is 0 Å². The molecule has 0 N–H and O–H groups in total. The molecule has 3 heteroatoms. The van der Waals surface area contributed by atoms with Crippen molar-refractivity contribution in [2.24, 2.45) is 0 Å². The number of halogens is 2. The van der Waals surface area contributed by atoms with Crippen LogP contribution in [-0.2, 0) is 24.7 Å². The summed E-state index contributed by atoms with van der Waals surface area (Å²) in [6.45, 7) is 0. The first-order valence-corrected chi connectivity index (χ1v) is 3.20. The van der Waals surface area contributed by atoms with Crippen molar-refractivity contribution in [2.75, 3.05) is 0 Å². The molecular formula is C5H7Cl2Zr. The molecule has 0 aromatic rings. The molecule has 0 aromatic heterocycles. The third kappa shape index (κ3) is 3.89. The summed E-state index contributed by atoms with van der Waals surface area (Å²) >= 11 is 1.56. The Balaban J connectivity index is 0. The van der Waals surface area contributed by atoms with Gasteiger partial charge in [-0.25, -0.2) is 0 Å². The van der Waals surface area contributed by atoms with Gasteiger partial charge in [0, 0.05) is 0 Å². The van der Waals surface area contributed by atoms with E-state index < -0.39 is 0 Å². The van der Waals surface area contributed by atoms with Gasteiger partial charge in [0.2, 0.25) is 0 Å². The molecule has 0 aliphatic heterocycles. The molecule has 0 fully saturated rings. The molecule has 1 rings (SSSR count). The molecule has 0 nitrogen and oxygen atoms in total. The molecule has 0 atom stereocenters. The van der Waals surface area contributed by atoms with Crippen LogP contribution in [-0.4, -0.2) is 0 Å². The van der Waals surface area contributed by atoms with E-state index in [4.69, 9.17) is 0 Å². The van der Waals surface area contributed by atoms with Crippen LogP contribution in [0.4, 0.5) is 0 Å². The summed E-state index contributed by atoms with van der Waals surface area (Å²) in [4.78, 5) is 0. The molecule has 0 aromatic carbocycles. The molecule has 0 radical (unpaired) electrons. The second-order valence-corrected chi connectivity index (χ2v) is 2.90. The van der Waals surface area contributed by atoms with E-state index in [1.807, 2.05) is 0 Å². The van der Waals surface area contributed by atoms with Gasteiger partial charge in [-0.15, -0.1) is 24.8 Å². The van der Waals surface area contributed by atoms with E-state index in [9.17, 15) is 0 Å². The Bertz CT molecular complexity index is 107. The average Bonchev–Trinajstić information content (AvgIpc) is 1.86. The molecule has 0 bridgehead atoms. The van der Waals surface area contributed by atoms with Crippen molar-refractivity contribution in [1.29, 1.82) is 0 Å². The summed E-state index contributed by atoms with van der Waals surface area (Å²) in [7, 11) is 0. The second-order valence-electron chi connectivity index (χ2n) is 1.32. The zero-order valence-electron chi connectivity index (χ0n) is 4.26. The summed E-state index contributed by atoms with van der Waals surface area (Å²) in [5.74, 6) is 0. The van der Waals surface area contributed by atoms with E-state index in [0.717, 1.165) is 0 Å². The summed E-state index contributed by atoms with van der Waals surface area (Å²) in [5.41, 5.74) is 0. The fourth-order valence-corrected chi connectivity index (χ4v) is 0.973. The van der Waals surface area contributed by atoms with Gasteiger partial charge in [0.1, 0.15) is 0 Å². The maximum absolute atomic E-state index is 2.18. The minimum absolute atomic E-state index is 0. The molecule has 0 amide bonds. The molecular weight excluding hydrogens is 222 g/mol. The fraction of sp³-hybridized carbons (Fsp3) is 0.200. The third-order valence-electron chi connectivity index (χ3n) is 0.771. The van der Waals surface area contributed by atoms with Gasteiger partial charge in [-0.3, -0.25) is 0 Å². The molecule has 1 aliphatic carbocycles. The van der Waals surface area contributed by atoms with Crippen LogP contribution in [0.15, 0.2) is 21.5 Å². The Morgan fingerprint density at radius 1 is 1.38 bits per heavy atom. The van der Waals surface area contributed by atoms with Crippen molar-refractivity contribution < 1.29 is 24.7 Å². The molecule has 45 valence electrons. The van der Waals surface area contributed by atoms with Crippen molar-refractivity contribution in [1.82, 2.24) is 0 Å². The molecule has 0 spiro atoms. The summed E-state index contributed by atoms with van der Waals surface area (Å²) in [6.07, 6.45) is 7.69. The van der Waals surface area contributed by atoms with Gasteiger partial charge < -0.3 is 0 Å². The van der Waals surface area contributed by atoms with Gasteiger partial charge in [0.05, 0.1) is 0 Å². The van der Waals surface area contributed by atoms with E-state index >= 15 is 0 Å². The summed E-state index contributed by atoms with van der Waals surface area (Å²) in [6, 6.07) is 0. The normalized spacial score (nSPS) is 13.6. The fourth-order valence-electron chi connectivity index (χ4n) is 0.447. The first kappa shape index (κ1) is 11.7. The van der Waals surface area contributed by atoms with Crippen molar-refractivity contribution in [3.8, 4) is 0 Å². The average molecular weight is 229 g/mol. The predicted octanol–water partition coefficient (Wildman–Crippen LogP) is 2.22. The van der Waals surface area contributed by atoms with Crippen molar-refractivity contribution >= 4 is 24.8 Å². The van der Waals surface area contributed by atoms with Crippen LogP contribution >= 0.6 is 24.8 Å². The first-order valence-electron chi connectivity index (χ1n) is 1.97. The first-order chi connectivity index (χ1) is 2.89. The zero-order valence-corrected chi connectivity index (χ0v) is 8.35. The molecule has 1 aliphatic rings. The van der Waals surface area contributed by atoms with Gasteiger partial charge in [0.15, 0.2) is 0 Å². The van der Waals surface area contributed by atoms with Crippen molar-refractivity contribution in [2.45, 2.75) is 6.42 Å². The number of hydrogen-bond acceptors (Lipinski definition) is 0. The molecule has 0 saturated carbocycles. The van der Waals surface area contributed by atoms with E-state index in [0.29, 0.717) is 0 Å². The third-order valence-corrected chi connectivity index (χ3v) is 1.68. The van der Waals surface area contributed by atoms with Crippen molar-refractivity contribution in [3.63, 3.8) is 0 Å². The van der Waals surface area contributed by atoms with Crippen molar-refractivity contribution in [3.05, 3.63) is 21.5 Å². The standard InChI is InChI=1S/C5H5.2ClH.Zr/c1-2-4-5-3-1;;;/h1-3H,4H2;2*1H;. The molecule has 0 saturated heterocycles. The van der Waals surface area contributed by atoms with Gasteiger partial charge in [0.25, 0.3) is 0 Å². The Morgan fingerprint density at radius 3 is 2.12 bits per heavy atom. The topological polar surface area (TPSA) is 0 Å². The summed E-state index contributed by atoms with van der Waals surface area (Å²) < 4.78 is 1.56. The monoisotopic (exact) mass is 227 g/mol. The van der Waals surface area contributed by atoms with Crippen LogP contribution < -0.4 is 0 Å². The van der Waals surface area contributed by atoms with Crippen LogP contribution in [0, 0.1) is 0 Å². The van der Waals surface area contributed by atoms with E-state index in [1.165, 1.54) is 6.42 Å². The Kier molecular flexibility index (Phi) is 8.88. The Morgan fingerprint density at radius 2 is 2.00 bits per heavy atom. The SMILES string of the molecule is Cl.Cl.[Zr][C]1=CC=CC1. The van der Waals surface area contributed by atoms with Gasteiger partial charge in [-0.1, -0.05) is 0 Å². The van der Waals surface area contributed by atoms with Gasteiger partial charge in [-0.2, -0.15) is 0 Å². The number of allylic oxidation sites excluding steroid dienone is 4. The zero-order chi connectivity index (χ0) is 4.41. The van der Waals surface area contributed by atoms with Crippen LogP contribution in [0.25, 0.3) is 0 Å². The van der Waals surface area contributed by atoms with E-state index in [-0.39, 0.29) is 24.8 Å². The number of hydrogen-bond donors (Lipinski definition) is 0. The van der Waals surface area contributed by atoms with E-state index in [1.54, 1.807) is 28.0 Å². The predicted molar refractivity (Wildman–Crippen MR) is 36.3 cm³/mol.